The summed E-state index contributed by atoms with van der Waals surface area (Å²) in [5, 5.41) is 13.1. The molecular formula is C10H10IN3O3. The van der Waals surface area contributed by atoms with Gasteiger partial charge < -0.3 is 5.32 Å². The zero-order valence-corrected chi connectivity index (χ0v) is 11.2. The predicted molar refractivity (Wildman–Crippen MR) is 69.2 cm³/mol. The molecule has 0 bridgehead atoms. The minimum atomic E-state index is -0.723. The Morgan fingerprint density at radius 2 is 2.41 bits per heavy atom. The average molecular weight is 347 g/mol. The average Bonchev–Trinajstić information content (AvgIpc) is 3.01. The van der Waals surface area contributed by atoms with E-state index in [9.17, 15) is 14.9 Å². The van der Waals surface area contributed by atoms with Crippen LogP contribution in [0.15, 0.2) is 12.3 Å². The number of nitro groups is 1. The topological polar surface area (TPSA) is 85.1 Å². The van der Waals surface area contributed by atoms with Crippen LogP contribution < -0.4 is 5.32 Å². The third-order valence-electron chi connectivity index (χ3n) is 2.65. The molecule has 6 nitrogen and oxygen atoms in total. The molecule has 0 saturated heterocycles. The van der Waals surface area contributed by atoms with E-state index in [0.29, 0.717) is 12.2 Å². The molecule has 1 heterocycles. The van der Waals surface area contributed by atoms with E-state index in [-0.39, 0.29) is 5.91 Å². The molecule has 1 saturated carbocycles. The van der Waals surface area contributed by atoms with Crippen molar-refractivity contribution in [3.63, 3.8) is 0 Å². The lowest BCUT2D eigenvalue weighted by Gasteiger charge is -2.06. The van der Waals surface area contributed by atoms with Gasteiger partial charge in [-0.05, 0) is 41.1 Å². The van der Waals surface area contributed by atoms with Gasteiger partial charge in [-0.1, -0.05) is 0 Å². The molecule has 1 aliphatic rings. The van der Waals surface area contributed by atoms with Crippen LogP contribution in [0.4, 0.5) is 5.82 Å². The third-order valence-corrected chi connectivity index (χ3v) is 3.24. The first-order chi connectivity index (χ1) is 7.99. The summed E-state index contributed by atoms with van der Waals surface area (Å²) in [5.41, 5.74) is 0.851. The number of pyridine rings is 1. The number of halogens is 1. The molecular weight excluding hydrogens is 337 g/mol. The van der Waals surface area contributed by atoms with E-state index in [1.54, 1.807) is 6.20 Å². The number of rotatable bonds is 3. The zero-order chi connectivity index (χ0) is 12.6. The molecule has 2 atom stereocenters. The molecule has 0 unspecified atom stereocenters. The van der Waals surface area contributed by atoms with Gasteiger partial charge >= 0.3 is 0 Å². The number of hydrogen-bond acceptors (Lipinski definition) is 4. The van der Waals surface area contributed by atoms with Crippen molar-refractivity contribution >= 4 is 34.3 Å². The fourth-order valence-electron chi connectivity index (χ4n) is 1.58. The van der Waals surface area contributed by atoms with Crippen LogP contribution in [-0.4, -0.2) is 21.9 Å². The standard InChI is InChI=1S/C10H10IN3O3/c1-5-2-6(11)4-12-9(5)13-10(15)7-3-8(7)14(16)17/h2,4,7-8H,3H2,1H3,(H,12,13,15)/t7-,8+/m0/s1. The van der Waals surface area contributed by atoms with Crippen molar-refractivity contribution < 1.29 is 9.72 Å². The van der Waals surface area contributed by atoms with Crippen LogP contribution in [0.3, 0.4) is 0 Å². The molecule has 1 aromatic rings. The molecule has 2 rings (SSSR count). The highest BCUT2D eigenvalue weighted by Gasteiger charge is 2.53. The van der Waals surface area contributed by atoms with Crippen molar-refractivity contribution in [3.05, 3.63) is 31.5 Å². The maximum absolute atomic E-state index is 11.7. The van der Waals surface area contributed by atoms with E-state index in [0.717, 1.165) is 9.13 Å². The number of carbonyl (C=O) groups is 1. The van der Waals surface area contributed by atoms with Crippen LogP contribution >= 0.6 is 22.6 Å². The molecule has 7 heteroatoms. The second-order valence-corrected chi connectivity index (χ2v) is 5.25. The molecule has 0 aromatic carbocycles. The normalized spacial score (nSPS) is 22.0. The van der Waals surface area contributed by atoms with Crippen molar-refractivity contribution in [2.75, 3.05) is 5.32 Å². The Labute approximate surface area is 111 Å². The molecule has 1 amide bonds. The fraction of sp³-hybridized carbons (Fsp3) is 0.400. The molecule has 17 heavy (non-hydrogen) atoms. The maximum Gasteiger partial charge on any atom is 0.235 e. The Morgan fingerprint density at radius 1 is 1.71 bits per heavy atom. The molecule has 1 aromatic heterocycles. The second kappa shape index (κ2) is 4.55. The SMILES string of the molecule is Cc1cc(I)cnc1NC(=O)[C@H]1C[C@H]1[N+](=O)[O-]. The third kappa shape index (κ3) is 2.71. The monoisotopic (exact) mass is 347 g/mol. The van der Waals surface area contributed by atoms with Gasteiger partial charge in [0.15, 0.2) is 0 Å². The van der Waals surface area contributed by atoms with Gasteiger partial charge in [0.1, 0.15) is 11.7 Å². The number of nitrogens with one attached hydrogen (secondary N) is 1. The summed E-state index contributed by atoms with van der Waals surface area (Å²) in [6.45, 7) is 1.84. The number of hydrogen-bond donors (Lipinski definition) is 1. The smallest absolute Gasteiger partial charge is 0.235 e. The lowest BCUT2D eigenvalue weighted by atomic mass is 10.3. The lowest BCUT2D eigenvalue weighted by Crippen LogP contribution is -2.19. The van der Waals surface area contributed by atoms with Crippen LogP contribution in [0.1, 0.15) is 12.0 Å². The summed E-state index contributed by atoms with van der Waals surface area (Å²) in [6.07, 6.45) is 1.96. The van der Waals surface area contributed by atoms with Gasteiger partial charge in [0.05, 0.1) is 0 Å². The summed E-state index contributed by atoms with van der Waals surface area (Å²) in [7, 11) is 0. The summed E-state index contributed by atoms with van der Waals surface area (Å²) in [4.78, 5) is 25.8. The minimum absolute atomic E-state index is 0.316. The van der Waals surface area contributed by atoms with Gasteiger partial charge in [0.25, 0.3) is 0 Å². The van der Waals surface area contributed by atoms with E-state index in [2.05, 4.69) is 32.9 Å². The highest BCUT2D eigenvalue weighted by atomic mass is 127. The lowest BCUT2D eigenvalue weighted by molar-refractivity contribution is -0.497. The number of nitrogens with zero attached hydrogens (tertiary/aromatic N) is 2. The fourth-order valence-corrected chi connectivity index (χ4v) is 2.18. The first kappa shape index (κ1) is 12.2. The molecule has 1 aliphatic carbocycles. The first-order valence-corrected chi connectivity index (χ1v) is 6.13. The molecule has 0 radical (unpaired) electrons. The Hall–Kier alpha value is -1.25. The summed E-state index contributed by atoms with van der Waals surface area (Å²) in [6, 6.07) is 1.17. The summed E-state index contributed by atoms with van der Waals surface area (Å²) >= 11 is 2.13. The van der Waals surface area contributed by atoms with Gasteiger partial charge in [-0.2, -0.15) is 0 Å². The quantitative estimate of drug-likeness (QED) is 0.511. The van der Waals surface area contributed by atoms with Crippen LogP contribution in [0.5, 0.6) is 0 Å². The Balaban J connectivity index is 2.02. The van der Waals surface area contributed by atoms with Gasteiger partial charge in [0.2, 0.25) is 11.9 Å². The number of anilines is 1. The van der Waals surface area contributed by atoms with E-state index < -0.39 is 16.9 Å². The molecule has 0 aliphatic heterocycles. The van der Waals surface area contributed by atoms with E-state index >= 15 is 0 Å². The van der Waals surface area contributed by atoms with Crippen LogP contribution in [0, 0.1) is 26.5 Å². The van der Waals surface area contributed by atoms with E-state index in [1.165, 1.54) is 0 Å². The zero-order valence-electron chi connectivity index (χ0n) is 9.01. The number of aryl methyl sites for hydroxylation is 1. The second-order valence-electron chi connectivity index (χ2n) is 4.00. The van der Waals surface area contributed by atoms with Crippen molar-refractivity contribution in [1.29, 1.82) is 0 Å². The Bertz CT molecular complexity index is 492. The van der Waals surface area contributed by atoms with Gasteiger partial charge in [-0.25, -0.2) is 4.98 Å². The number of carbonyl (C=O) groups excluding carboxylic acids is 1. The predicted octanol–water partition coefficient (Wildman–Crippen LogP) is 1.60. The van der Waals surface area contributed by atoms with E-state index in [4.69, 9.17) is 0 Å². The number of amides is 1. The van der Waals surface area contributed by atoms with Gasteiger partial charge in [0, 0.05) is 21.1 Å². The Morgan fingerprint density at radius 3 is 2.94 bits per heavy atom. The van der Waals surface area contributed by atoms with Crippen molar-refractivity contribution in [1.82, 2.24) is 4.98 Å². The van der Waals surface area contributed by atoms with Gasteiger partial charge in [-0.15, -0.1) is 0 Å². The maximum atomic E-state index is 11.7. The van der Waals surface area contributed by atoms with Crippen molar-refractivity contribution in [2.45, 2.75) is 19.4 Å². The highest BCUT2D eigenvalue weighted by molar-refractivity contribution is 14.1. The molecule has 90 valence electrons. The molecule has 1 fully saturated rings. The van der Waals surface area contributed by atoms with Gasteiger partial charge in [-0.3, -0.25) is 14.9 Å². The summed E-state index contributed by atoms with van der Waals surface area (Å²) in [5.74, 6) is -0.349. The van der Waals surface area contributed by atoms with E-state index in [1.807, 2.05) is 13.0 Å². The molecule has 1 N–H and O–H groups in total. The van der Waals surface area contributed by atoms with Crippen LogP contribution in [0.25, 0.3) is 0 Å². The Kier molecular flexibility index (Phi) is 3.27. The van der Waals surface area contributed by atoms with Crippen molar-refractivity contribution in [2.24, 2.45) is 5.92 Å². The minimum Gasteiger partial charge on any atom is -0.310 e. The highest BCUT2D eigenvalue weighted by Crippen LogP contribution is 2.34. The first-order valence-electron chi connectivity index (χ1n) is 5.05. The number of aromatic nitrogens is 1. The van der Waals surface area contributed by atoms with Crippen LogP contribution in [-0.2, 0) is 4.79 Å². The molecule has 0 spiro atoms. The van der Waals surface area contributed by atoms with Crippen LogP contribution in [0.2, 0.25) is 0 Å². The summed E-state index contributed by atoms with van der Waals surface area (Å²) < 4.78 is 0.979. The largest absolute Gasteiger partial charge is 0.310 e. The van der Waals surface area contributed by atoms with Crippen molar-refractivity contribution in [3.8, 4) is 0 Å².